The van der Waals surface area contributed by atoms with Gasteiger partial charge in [0.2, 0.25) is 0 Å². The van der Waals surface area contributed by atoms with Crippen molar-refractivity contribution in [1.82, 2.24) is 0 Å². The first kappa shape index (κ1) is 13.9. The molecule has 1 amide bonds. The minimum Gasteiger partial charge on any atom is -0.508 e. The Hall–Kier alpha value is -2.49. The second-order valence-electron chi connectivity index (χ2n) is 4.99. The number of aryl methyl sites for hydroxylation is 3. The van der Waals surface area contributed by atoms with E-state index in [1.165, 1.54) is 6.07 Å². The van der Waals surface area contributed by atoms with E-state index in [-0.39, 0.29) is 11.7 Å². The smallest absolute Gasteiger partial charge is 0.255 e. The van der Waals surface area contributed by atoms with Crippen molar-refractivity contribution in [2.45, 2.75) is 20.8 Å². The van der Waals surface area contributed by atoms with Gasteiger partial charge in [-0.05, 0) is 61.7 Å². The Labute approximate surface area is 118 Å². The van der Waals surface area contributed by atoms with Crippen LogP contribution in [0.1, 0.15) is 27.0 Å². The fourth-order valence-corrected chi connectivity index (χ4v) is 2.13. The Morgan fingerprint density at radius 2 is 1.65 bits per heavy atom. The summed E-state index contributed by atoms with van der Waals surface area (Å²) in [5.41, 5.74) is 10.2. The van der Waals surface area contributed by atoms with Crippen molar-refractivity contribution in [3.8, 4) is 5.75 Å². The molecule has 0 radical (unpaired) electrons. The number of rotatable bonds is 2. The van der Waals surface area contributed by atoms with Gasteiger partial charge in [-0.3, -0.25) is 4.79 Å². The highest BCUT2D eigenvalue weighted by Gasteiger charge is 2.11. The molecule has 0 atom stereocenters. The maximum absolute atomic E-state index is 12.2. The third-order valence-corrected chi connectivity index (χ3v) is 3.26. The summed E-state index contributed by atoms with van der Waals surface area (Å²) in [7, 11) is 0. The van der Waals surface area contributed by atoms with Crippen molar-refractivity contribution in [3.63, 3.8) is 0 Å². The van der Waals surface area contributed by atoms with Gasteiger partial charge in [0, 0.05) is 16.9 Å². The number of phenolic OH excluding ortho intramolecular Hbond substituents is 1. The average Bonchev–Trinajstić information content (AvgIpc) is 2.36. The Morgan fingerprint density at radius 1 is 1.05 bits per heavy atom. The van der Waals surface area contributed by atoms with E-state index in [1.807, 2.05) is 26.0 Å². The number of carbonyl (C=O) groups excluding carboxylic acids is 1. The minimum absolute atomic E-state index is 0.114. The number of hydrogen-bond acceptors (Lipinski definition) is 3. The summed E-state index contributed by atoms with van der Waals surface area (Å²) < 4.78 is 0. The summed E-state index contributed by atoms with van der Waals surface area (Å²) >= 11 is 0. The monoisotopic (exact) mass is 270 g/mol. The predicted octanol–water partition coefficient (Wildman–Crippen LogP) is 3.15. The molecule has 0 bridgehead atoms. The lowest BCUT2D eigenvalue weighted by atomic mass is 10.1. The number of aromatic hydroxyl groups is 1. The molecule has 2 aromatic rings. The van der Waals surface area contributed by atoms with Crippen LogP contribution in [-0.2, 0) is 0 Å². The third kappa shape index (κ3) is 2.74. The number of carbonyl (C=O) groups is 1. The van der Waals surface area contributed by atoms with Crippen molar-refractivity contribution in [1.29, 1.82) is 0 Å². The fraction of sp³-hybridized carbons (Fsp3) is 0.188. The van der Waals surface area contributed by atoms with Crippen molar-refractivity contribution >= 4 is 17.3 Å². The van der Waals surface area contributed by atoms with Gasteiger partial charge in [-0.15, -0.1) is 0 Å². The molecule has 2 rings (SSSR count). The van der Waals surface area contributed by atoms with Gasteiger partial charge in [-0.2, -0.15) is 0 Å². The number of hydrogen-bond donors (Lipinski definition) is 3. The molecule has 0 aromatic heterocycles. The van der Waals surface area contributed by atoms with Gasteiger partial charge < -0.3 is 16.2 Å². The van der Waals surface area contributed by atoms with Crippen LogP contribution in [0.25, 0.3) is 0 Å². The highest BCUT2D eigenvalue weighted by molar-refractivity contribution is 6.05. The number of phenols is 1. The lowest BCUT2D eigenvalue weighted by Crippen LogP contribution is -2.14. The molecule has 0 spiro atoms. The zero-order valence-electron chi connectivity index (χ0n) is 11.8. The summed E-state index contributed by atoms with van der Waals surface area (Å²) in [5, 5.41) is 12.5. The SMILES string of the molecule is Cc1ccc(C(=O)Nc2c(C)cc(N)cc2C)cc1O. The van der Waals surface area contributed by atoms with E-state index in [2.05, 4.69) is 5.32 Å². The number of anilines is 2. The highest BCUT2D eigenvalue weighted by atomic mass is 16.3. The van der Waals surface area contributed by atoms with Crippen molar-refractivity contribution in [2.75, 3.05) is 11.1 Å². The zero-order chi connectivity index (χ0) is 14.9. The first-order chi connectivity index (χ1) is 9.38. The van der Waals surface area contributed by atoms with Gasteiger partial charge in [-0.1, -0.05) is 6.07 Å². The normalized spacial score (nSPS) is 10.3. The molecule has 0 unspecified atom stereocenters. The van der Waals surface area contributed by atoms with E-state index in [0.29, 0.717) is 11.3 Å². The number of benzene rings is 2. The van der Waals surface area contributed by atoms with Gasteiger partial charge in [0.05, 0.1) is 0 Å². The van der Waals surface area contributed by atoms with Crippen LogP contribution in [0.4, 0.5) is 11.4 Å². The lowest BCUT2D eigenvalue weighted by molar-refractivity contribution is 0.102. The van der Waals surface area contributed by atoms with Crippen LogP contribution in [0.15, 0.2) is 30.3 Å². The number of amides is 1. The fourth-order valence-electron chi connectivity index (χ4n) is 2.13. The van der Waals surface area contributed by atoms with Gasteiger partial charge in [-0.25, -0.2) is 0 Å². The van der Waals surface area contributed by atoms with E-state index < -0.39 is 0 Å². The molecule has 2 aromatic carbocycles. The molecule has 4 N–H and O–H groups in total. The van der Waals surface area contributed by atoms with Crippen LogP contribution in [0, 0.1) is 20.8 Å². The summed E-state index contributed by atoms with van der Waals surface area (Å²) in [5.74, 6) is -0.139. The summed E-state index contributed by atoms with van der Waals surface area (Å²) in [6.07, 6.45) is 0. The number of nitrogen functional groups attached to an aromatic ring is 1. The molecule has 20 heavy (non-hydrogen) atoms. The molecule has 0 saturated heterocycles. The molecule has 0 fully saturated rings. The first-order valence-electron chi connectivity index (χ1n) is 6.36. The van der Waals surface area contributed by atoms with E-state index in [1.54, 1.807) is 19.1 Å². The number of nitrogens with two attached hydrogens (primary N) is 1. The first-order valence-corrected chi connectivity index (χ1v) is 6.36. The van der Waals surface area contributed by atoms with Crippen molar-refractivity contribution < 1.29 is 9.90 Å². The van der Waals surface area contributed by atoms with Crippen LogP contribution in [0.2, 0.25) is 0 Å². The molecule has 0 aliphatic carbocycles. The van der Waals surface area contributed by atoms with Crippen molar-refractivity contribution in [2.24, 2.45) is 0 Å². The van der Waals surface area contributed by atoms with E-state index in [4.69, 9.17) is 5.73 Å². The average molecular weight is 270 g/mol. The minimum atomic E-state index is -0.253. The Morgan fingerprint density at radius 3 is 2.20 bits per heavy atom. The second kappa shape index (κ2) is 5.25. The Balaban J connectivity index is 2.30. The molecule has 0 heterocycles. The lowest BCUT2D eigenvalue weighted by Gasteiger charge is -2.13. The van der Waals surface area contributed by atoms with E-state index >= 15 is 0 Å². The molecule has 4 nitrogen and oxygen atoms in total. The molecule has 0 saturated carbocycles. The Kier molecular flexibility index (Phi) is 3.66. The maximum Gasteiger partial charge on any atom is 0.255 e. The van der Waals surface area contributed by atoms with Crippen LogP contribution in [0.5, 0.6) is 5.75 Å². The zero-order valence-corrected chi connectivity index (χ0v) is 11.8. The molecule has 0 aliphatic heterocycles. The largest absolute Gasteiger partial charge is 0.508 e. The number of nitrogens with one attached hydrogen (secondary N) is 1. The van der Waals surface area contributed by atoms with Crippen LogP contribution < -0.4 is 11.1 Å². The van der Waals surface area contributed by atoms with Gasteiger partial charge in [0.15, 0.2) is 0 Å². The van der Waals surface area contributed by atoms with Crippen LogP contribution in [0.3, 0.4) is 0 Å². The van der Waals surface area contributed by atoms with Gasteiger partial charge in [0.25, 0.3) is 5.91 Å². The topological polar surface area (TPSA) is 75.4 Å². The van der Waals surface area contributed by atoms with E-state index in [0.717, 1.165) is 22.4 Å². The van der Waals surface area contributed by atoms with Gasteiger partial charge >= 0.3 is 0 Å². The van der Waals surface area contributed by atoms with Crippen LogP contribution >= 0.6 is 0 Å². The Bertz CT molecular complexity index is 655. The predicted molar refractivity (Wildman–Crippen MR) is 81.1 cm³/mol. The quantitative estimate of drug-likeness (QED) is 0.734. The third-order valence-electron chi connectivity index (χ3n) is 3.26. The second-order valence-corrected chi connectivity index (χ2v) is 4.99. The molecular formula is C16H18N2O2. The summed E-state index contributed by atoms with van der Waals surface area (Å²) in [6.45, 7) is 5.57. The van der Waals surface area contributed by atoms with Crippen LogP contribution in [-0.4, -0.2) is 11.0 Å². The van der Waals surface area contributed by atoms with Crippen molar-refractivity contribution in [3.05, 3.63) is 52.6 Å². The standard InChI is InChI=1S/C16H18N2O2/c1-9-4-5-12(8-14(9)19)16(20)18-15-10(2)6-13(17)7-11(15)3/h4-8,19H,17H2,1-3H3,(H,18,20). The molecular weight excluding hydrogens is 252 g/mol. The van der Waals surface area contributed by atoms with E-state index in [9.17, 15) is 9.90 Å². The molecule has 104 valence electrons. The molecule has 4 heteroatoms. The molecule has 0 aliphatic rings. The van der Waals surface area contributed by atoms with Gasteiger partial charge in [0.1, 0.15) is 5.75 Å². The maximum atomic E-state index is 12.2. The summed E-state index contributed by atoms with van der Waals surface area (Å²) in [4.78, 5) is 12.2. The summed E-state index contributed by atoms with van der Waals surface area (Å²) in [6, 6.07) is 8.50. The highest BCUT2D eigenvalue weighted by Crippen LogP contribution is 2.25.